The number of hydrogen-bond acceptors (Lipinski definition) is 5. The van der Waals surface area contributed by atoms with E-state index in [-0.39, 0.29) is 42.6 Å². The van der Waals surface area contributed by atoms with Crippen LogP contribution >= 0.6 is 0 Å². The molecular weight excluding hydrogens is 787 g/mol. The second-order valence-electron chi connectivity index (χ2n) is 18.7. The zero-order valence-corrected chi connectivity index (χ0v) is 35.6. The number of alkyl halides is 6. The Hall–Kier alpha value is -4.25. The molecule has 2 fully saturated rings. The molecule has 1 aliphatic heterocycles. The molecule has 0 N–H and O–H groups in total. The van der Waals surface area contributed by atoms with Gasteiger partial charge in [0.1, 0.15) is 0 Å². The molecule has 5 nitrogen and oxygen atoms in total. The van der Waals surface area contributed by atoms with Crippen molar-refractivity contribution in [2.75, 3.05) is 18.0 Å². The highest BCUT2D eigenvalue weighted by Crippen LogP contribution is 2.53. The van der Waals surface area contributed by atoms with Gasteiger partial charge in [0.2, 0.25) is 11.9 Å². The number of halogens is 6. The summed E-state index contributed by atoms with van der Waals surface area (Å²) < 4.78 is 95.7. The van der Waals surface area contributed by atoms with Crippen LogP contribution in [0.1, 0.15) is 178 Å². The third-order valence-corrected chi connectivity index (χ3v) is 13.5. The first kappa shape index (κ1) is 43.4. The third-order valence-electron chi connectivity index (χ3n) is 13.5. The Bertz CT molecular complexity index is 2150. The molecule has 8 rings (SSSR count). The molecule has 11 heteroatoms. The molecule has 326 valence electrons. The number of anilines is 1. The molecule has 61 heavy (non-hydrogen) atoms. The maximum atomic E-state index is 17.9. The van der Waals surface area contributed by atoms with Gasteiger partial charge in [0.05, 0.1) is 24.0 Å². The number of pyridine rings is 1. The first-order chi connectivity index (χ1) is 29.2. The van der Waals surface area contributed by atoms with Crippen molar-refractivity contribution < 1.29 is 31.1 Å². The minimum Gasteiger partial charge on any atom is -0.369 e. The molecule has 3 heterocycles. The zero-order valence-electron chi connectivity index (χ0n) is 35.6. The number of aromatic nitrogens is 3. The molecule has 0 amide bonds. The smallest absolute Gasteiger partial charge is 0.369 e. The van der Waals surface area contributed by atoms with Gasteiger partial charge in [-0.25, -0.2) is 23.1 Å². The number of nitrogens with zero attached hydrogens (tertiary/aromatic N) is 4. The zero-order chi connectivity index (χ0) is 42.9. The molecule has 2 aromatic carbocycles. The molecule has 1 saturated carbocycles. The summed E-state index contributed by atoms with van der Waals surface area (Å²) in [6.07, 6.45) is 7.76. The fourth-order valence-electron chi connectivity index (χ4n) is 10.2. The Morgan fingerprint density at radius 2 is 1.52 bits per heavy atom. The SMILES string of the molecule is CCCc1ccc(CO[C@H]2CC(C)(C)Cc3nc(C4CCN(c5ncc(C6=CCCCC6)cn5)CC4)c([C@@H](F)c4ccc(C(F)(F)F)cc4)c(C4CCC(F)(F)CC4)c32)cc1. The van der Waals surface area contributed by atoms with Crippen LogP contribution in [0.2, 0.25) is 0 Å². The van der Waals surface area contributed by atoms with Crippen LogP contribution in [0, 0.1) is 5.41 Å². The van der Waals surface area contributed by atoms with Crippen molar-refractivity contribution in [2.24, 2.45) is 5.41 Å². The van der Waals surface area contributed by atoms with E-state index in [1.54, 1.807) is 0 Å². The number of hydrogen-bond donors (Lipinski definition) is 0. The van der Waals surface area contributed by atoms with E-state index in [1.165, 1.54) is 29.7 Å². The molecule has 0 radical (unpaired) electrons. The summed E-state index contributed by atoms with van der Waals surface area (Å²) in [5.74, 6) is -2.77. The number of allylic oxidation sites excluding steroid dienone is 2. The van der Waals surface area contributed by atoms with Crippen molar-refractivity contribution in [1.29, 1.82) is 0 Å². The molecule has 0 bridgehead atoms. The van der Waals surface area contributed by atoms with E-state index in [1.807, 2.05) is 12.4 Å². The predicted octanol–water partition coefficient (Wildman–Crippen LogP) is 13.8. The van der Waals surface area contributed by atoms with Crippen molar-refractivity contribution in [3.05, 3.63) is 123 Å². The normalized spacial score (nSPS) is 21.5. The van der Waals surface area contributed by atoms with Gasteiger partial charge < -0.3 is 9.64 Å². The minimum atomic E-state index is -4.58. The highest BCUT2D eigenvalue weighted by Gasteiger charge is 2.44. The quantitative estimate of drug-likeness (QED) is 0.141. The van der Waals surface area contributed by atoms with Crippen molar-refractivity contribution in [3.63, 3.8) is 0 Å². The van der Waals surface area contributed by atoms with E-state index in [0.29, 0.717) is 68.1 Å². The number of rotatable bonds is 11. The molecule has 1 saturated heterocycles. The lowest BCUT2D eigenvalue weighted by Crippen LogP contribution is -2.36. The summed E-state index contributed by atoms with van der Waals surface area (Å²) in [6, 6.07) is 12.6. The van der Waals surface area contributed by atoms with E-state index < -0.39 is 35.9 Å². The Labute approximate surface area is 356 Å². The molecule has 3 aliphatic carbocycles. The first-order valence-corrected chi connectivity index (χ1v) is 22.4. The number of aryl methyl sites for hydroxylation is 1. The van der Waals surface area contributed by atoms with E-state index in [4.69, 9.17) is 19.7 Å². The molecule has 0 spiro atoms. The average Bonchev–Trinajstić information content (AvgIpc) is 3.25. The first-order valence-electron chi connectivity index (χ1n) is 22.4. The van der Waals surface area contributed by atoms with Crippen LogP contribution in [0.3, 0.4) is 0 Å². The van der Waals surface area contributed by atoms with Crippen molar-refractivity contribution >= 4 is 11.5 Å². The van der Waals surface area contributed by atoms with Gasteiger partial charge in [-0.2, -0.15) is 13.2 Å². The van der Waals surface area contributed by atoms with Crippen LogP contribution in [0.25, 0.3) is 5.57 Å². The standard InChI is InChI=1S/C50H58F6N4O/c1-4-8-32-11-13-33(14-12-32)31-61-41-28-48(2,3)27-40-43(41)42(35-19-23-49(52,53)24-20-35)44(45(51)36-15-17-39(18-16-36)50(54,55)56)46(59-40)37-21-25-60(26-22-37)47-57-29-38(30-58-47)34-9-6-5-7-10-34/h9,11-18,29-30,35,37,41,45H,4-8,10,19-28,31H2,1-3H3/t41-,45-/m0/s1. The fourth-order valence-corrected chi connectivity index (χ4v) is 10.2. The van der Waals surface area contributed by atoms with Crippen LogP contribution < -0.4 is 4.90 Å². The molecule has 4 aliphatic rings. The number of fused-ring (bicyclic) bond motifs is 1. The summed E-state index contributed by atoms with van der Waals surface area (Å²) in [6.45, 7) is 8.00. The van der Waals surface area contributed by atoms with Gasteiger partial charge in [-0.1, -0.05) is 69.7 Å². The second kappa shape index (κ2) is 17.9. The Morgan fingerprint density at radius 1 is 0.852 bits per heavy atom. The van der Waals surface area contributed by atoms with E-state index >= 15 is 4.39 Å². The second-order valence-corrected chi connectivity index (χ2v) is 18.7. The van der Waals surface area contributed by atoms with Crippen LogP contribution in [-0.2, 0) is 30.4 Å². The van der Waals surface area contributed by atoms with Crippen LogP contribution in [0.5, 0.6) is 0 Å². The van der Waals surface area contributed by atoms with Gasteiger partial charge in [-0.3, -0.25) is 4.98 Å². The maximum Gasteiger partial charge on any atom is 0.416 e. The molecule has 4 aromatic rings. The fraction of sp³-hybridized carbons (Fsp3) is 0.540. The summed E-state index contributed by atoms with van der Waals surface area (Å²) in [7, 11) is 0. The molecule has 2 aromatic heterocycles. The number of benzene rings is 2. The Kier molecular flexibility index (Phi) is 12.7. The van der Waals surface area contributed by atoms with Gasteiger partial charge in [0.25, 0.3) is 0 Å². The van der Waals surface area contributed by atoms with Crippen molar-refractivity contribution in [3.8, 4) is 0 Å². The summed E-state index contributed by atoms with van der Waals surface area (Å²) >= 11 is 0. The summed E-state index contributed by atoms with van der Waals surface area (Å²) in [5, 5.41) is 0. The molecule has 2 atom stereocenters. The lowest BCUT2D eigenvalue weighted by atomic mass is 9.68. The van der Waals surface area contributed by atoms with Gasteiger partial charge >= 0.3 is 6.18 Å². The van der Waals surface area contributed by atoms with Gasteiger partial charge in [-0.05, 0) is 122 Å². The lowest BCUT2D eigenvalue weighted by Gasteiger charge is -2.42. The van der Waals surface area contributed by atoms with Gasteiger partial charge in [0.15, 0.2) is 6.17 Å². The Morgan fingerprint density at radius 3 is 2.15 bits per heavy atom. The van der Waals surface area contributed by atoms with Crippen LogP contribution in [0.15, 0.2) is 67.0 Å². The van der Waals surface area contributed by atoms with E-state index in [9.17, 15) is 22.0 Å². The molecule has 0 unspecified atom stereocenters. The van der Waals surface area contributed by atoms with Gasteiger partial charge in [0, 0.05) is 66.6 Å². The van der Waals surface area contributed by atoms with Gasteiger partial charge in [-0.15, -0.1) is 0 Å². The van der Waals surface area contributed by atoms with E-state index in [2.05, 4.69) is 56.0 Å². The van der Waals surface area contributed by atoms with Crippen LogP contribution in [-0.4, -0.2) is 34.0 Å². The highest BCUT2D eigenvalue weighted by atomic mass is 19.4. The van der Waals surface area contributed by atoms with Crippen molar-refractivity contribution in [2.45, 2.75) is 153 Å². The summed E-state index contributed by atoms with van der Waals surface area (Å²) in [4.78, 5) is 17.1. The van der Waals surface area contributed by atoms with E-state index in [0.717, 1.165) is 66.6 Å². The topological polar surface area (TPSA) is 51.1 Å². The molecular formula is C50H58F6N4O. The minimum absolute atomic E-state index is 0.0816. The summed E-state index contributed by atoms with van der Waals surface area (Å²) in [5.41, 5.74) is 6.74. The third kappa shape index (κ3) is 9.87. The largest absolute Gasteiger partial charge is 0.416 e. The number of piperidine rings is 1. The number of ether oxygens (including phenoxy) is 1. The monoisotopic (exact) mass is 844 g/mol. The average molecular weight is 845 g/mol. The lowest BCUT2D eigenvalue weighted by molar-refractivity contribution is -0.137. The maximum absolute atomic E-state index is 17.9. The highest BCUT2D eigenvalue weighted by molar-refractivity contribution is 5.65. The van der Waals surface area contributed by atoms with Crippen LogP contribution in [0.4, 0.5) is 32.3 Å². The Balaban J connectivity index is 1.20. The van der Waals surface area contributed by atoms with Crippen molar-refractivity contribution in [1.82, 2.24) is 15.0 Å². The predicted molar refractivity (Wildman–Crippen MR) is 228 cm³/mol.